The summed E-state index contributed by atoms with van der Waals surface area (Å²) < 4.78 is 68.7. The first-order valence-electron chi connectivity index (χ1n) is 6.89. The number of aromatic nitrogens is 3. The highest BCUT2D eigenvalue weighted by atomic mass is 19.4. The minimum Gasteiger partial charge on any atom is -0.297 e. The molecule has 2 aromatic heterocycles. The average molecular weight is 342 g/mol. The lowest BCUT2D eigenvalue weighted by Crippen LogP contribution is -2.35. The summed E-state index contributed by atoms with van der Waals surface area (Å²) in [6.45, 7) is -0.332. The molecule has 3 rings (SSSR count). The summed E-state index contributed by atoms with van der Waals surface area (Å²) in [6, 6.07) is 1.73. The van der Waals surface area contributed by atoms with Gasteiger partial charge in [-0.05, 0) is 18.2 Å². The van der Waals surface area contributed by atoms with Crippen LogP contribution < -0.4 is 5.32 Å². The summed E-state index contributed by atoms with van der Waals surface area (Å²) in [4.78, 5) is 7.99. The van der Waals surface area contributed by atoms with Crippen molar-refractivity contribution >= 4 is 5.78 Å². The molecule has 0 bridgehead atoms. The van der Waals surface area contributed by atoms with Gasteiger partial charge in [-0.2, -0.15) is 13.2 Å². The zero-order chi connectivity index (χ0) is 17.3. The molecule has 24 heavy (non-hydrogen) atoms. The van der Waals surface area contributed by atoms with Crippen LogP contribution in [0.4, 0.5) is 22.0 Å². The van der Waals surface area contributed by atoms with Crippen LogP contribution in [0, 0.1) is 11.6 Å². The van der Waals surface area contributed by atoms with Gasteiger partial charge in [0.1, 0.15) is 17.7 Å². The smallest absolute Gasteiger partial charge is 0.297 e. The van der Waals surface area contributed by atoms with Crippen molar-refractivity contribution < 1.29 is 22.0 Å². The number of alkyl halides is 3. The highest BCUT2D eigenvalue weighted by Gasteiger charge is 2.43. The van der Waals surface area contributed by atoms with E-state index in [4.69, 9.17) is 0 Å². The quantitative estimate of drug-likeness (QED) is 0.739. The highest BCUT2D eigenvalue weighted by molar-refractivity contribution is 5.30. The minimum atomic E-state index is -4.87. The Labute approximate surface area is 133 Å². The topological polar surface area (TPSA) is 42.2 Å². The zero-order valence-electron chi connectivity index (χ0n) is 12.1. The Hall–Kier alpha value is -2.55. The standard InChI is InChI=1S/C15H11F5N4/c16-10-3-1-4-11(17)12(10)13(15(18,19)20)22-7-9-8-24-6-2-5-21-14(24)23-9/h1-6,8,13,22H,7H2/t13-/m1/s1. The van der Waals surface area contributed by atoms with Crippen molar-refractivity contribution in [2.75, 3.05) is 0 Å². The maximum atomic E-state index is 13.7. The van der Waals surface area contributed by atoms with Gasteiger partial charge in [0.05, 0.1) is 5.69 Å². The van der Waals surface area contributed by atoms with Gasteiger partial charge in [-0.15, -0.1) is 0 Å². The van der Waals surface area contributed by atoms with Gasteiger partial charge in [-0.1, -0.05) is 6.07 Å². The van der Waals surface area contributed by atoms with E-state index in [1.165, 1.54) is 16.8 Å². The molecule has 0 fully saturated rings. The Balaban J connectivity index is 1.88. The van der Waals surface area contributed by atoms with Crippen molar-refractivity contribution in [3.05, 3.63) is 65.7 Å². The number of imidazole rings is 1. The second-order valence-corrected chi connectivity index (χ2v) is 5.05. The van der Waals surface area contributed by atoms with Gasteiger partial charge in [0.25, 0.3) is 0 Å². The third kappa shape index (κ3) is 3.21. The van der Waals surface area contributed by atoms with Gasteiger partial charge < -0.3 is 0 Å². The van der Waals surface area contributed by atoms with Crippen LogP contribution in [0.3, 0.4) is 0 Å². The van der Waals surface area contributed by atoms with Gasteiger partial charge in [0, 0.05) is 30.7 Å². The second-order valence-electron chi connectivity index (χ2n) is 5.05. The summed E-state index contributed by atoms with van der Waals surface area (Å²) >= 11 is 0. The number of nitrogens with one attached hydrogen (secondary N) is 1. The average Bonchev–Trinajstić information content (AvgIpc) is 2.91. The maximum absolute atomic E-state index is 13.7. The van der Waals surface area contributed by atoms with Crippen LogP contribution in [-0.2, 0) is 6.54 Å². The van der Waals surface area contributed by atoms with Gasteiger partial charge in [0.2, 0.25) is 5.78 Å². The molecule has 9 heteroatoms. The molecular weight excluding hydrogens is 331 g/mol. The molecule has 2 heterocycles. The fourth-order valence-electron chi connectivity index (χ4n) is 2.34. The van der Waals surface area contributed by atoms with E-state index in [2.05, 4.69) is 15.3 Å². The first-order valence-corrected chi connectivity index (χ1v) is 6.89. The number of hydrogen-bond acceptors (Lipinski definition) is 3. The van der Waals surface area contributed by atoms with Crippen molar-refractivity contribution in [2.24, 2.45) is 0 Å². The van der Waals surface area contributed by atoms with Crippen LogP contribution in [0.2, 0.25) is 0 Å². The van der Waals surface area contributed by atoms with Crippen LogP contribution in [-0.4, -0.2) is 20.5 Å². The molecular formula is C15H11F5N4. The lowest BCUT2D eigenvalue weighted by molar-refractivity contribution is -0.159. The number of nitrogens with zero attached hydrogens (tertiary/aromatic N) is 3. The molecule has 0 amide bonds. The molecule has 0 spiro atoms. The maximum Gasteiger partial charge on any atom is 0.408 e. The molecule has 0 aliphatic heterocycles. The summed E-state index contributed by atoms with van der Waals surface area (Å²) in [7, 11) is 0. The SMILES string of the molecule is Fc1cccc(F)c1[C@@H](NCc1cn2cccnc2n1)C(F)(F)F. The second kappa shape index (κ2) is 6.16. The molecule has 126 valence electrons. The van der Waals surface area contributed by atoms with Crippen LogP contribution in [0.25, 0.3) is 5.78 Å². The molecule has 1 atom stereocenters. The third-order valence-corrected chi connectivity index (χ3v) is 3.39. The molecule has 0 aliphatic carbocycles. The summed E-state index contributed by atoms with van der Waals surface area (Å²) in [6.07, 6.45) is -0.260. The van der Waals surface area contributed by atoms with E-state index >= 15 is 0 Å². The van der Waals surface area contributed by atoms with Crippen molar-refractivity contribution in [1.29, 1.82) is 0 Å². The Morgan fingerprint density at radius 2 is 1.83 bits per heavy atom. The summed E-state index contributed by atoms with van der Waals surface area (Å²) in [5.41, 5.74) is -0.799. The largest absolute Gasteiger partial charge is 0.408 e. The van der Waals surface area contributed by atoms with Gasteiger partial charge in [-0.25, -0.2) is 18.7 Å². The Morgan fingerprint density at radius 1 is 1.12 bits per heavy atom. The molecule has 1 N–H and O–H groups in total. The first-order chi connectivity index (χ1) is 11.4. The normalized spacial score (nSPS) is 13.4. The fourth-order valence-corrected chi connectivity index (χ4v) is 2.34. The van der Waals surface area contributed by atoms with Crippen molar-refractivity contribution in [2.45, 2.75) is 18.8 Å². The van der Waals surface area contributed by atoms with E-state index in [9.17, 15) is 22.0 Å². The summed E-state index contributed by atoms with van der Waals surface area (Å²) in [5, 5.41) is 2.13. The van der Waals surface area contributed by atoms with Crippen LogP contribution in [0.15, 0.2) is 42.9 Å². The van der Waals surface area contributed by atoms with E-state index in [1.807, 2.05) is 0 Å². The molecule has 0 radical (unpaired) electrons. The molecule has 0 aliphatic rings. The van der Waals surface area contributed by atoms with E-state index in [1.54, 1.807) is 12.3 Å². The number of benzene rings is 1. The van der Waals surface area contributed by atoms with E-state index in [-0.39, 0.29) is 12.2 Å². The van der Waals surface area contributed by atoms with E-state index in [0.717, 1.165) is 18.2 Å². The van der Waals surface area contributed by atoms with Crippen LogP contribution in [0.5, 0.6) is 0 Å². The molecule has 0 saturated heterocycles. The monoisotopic (exact) mass is 342 g/mol. The van der Waals surface area contributed by atoms with Crippen molar-refractivity contribution in [3.63, 3.8) is 0 Å². The molecule has 0 unspecified atom stereocenters. The number of hydrogen-bond donors (Lipinski definition) is 1. The molecule has 0 saturated carbocycles. The Morgan fingerprint density at radius 3 is 2.46 bits per heavy atom. The molecule has 3 aromatic rings. The van der Waals surface area contributed by atoms with Crippen LogP contribution in [0.1, 0.15) is 17.3 Å². The van der Waals surface area contributed by atoms with E-state index < -0.39 is 29.4 Å². The Kier molecular flexibility index (Phi) is 4.18. The first kappa shape index (κ1) is 16.3. The predicted molar refractivity (Wildman–Crippen MR) is 75.0 cm³/mol. The fraction of sp³-hybridized carbons (Fsp3) is 0.200. The summed E-state index contributed by atoms with van der Waals surface area (Å²) in [5.74, 6) is -2.21. The van der Waals surface area contributed by atoms with Crippen LogP contribution >= 0.6 is 0 Å². The molecule has 4 nitrogen and oxygen atoms in total. The van der Waals surface area contributed by atoms with Gasteiger partial charge >= 0.3 is 6.18 Å². The van der Waals surface area contributed by atoms with Crippen molar-refractivity contribution in [1.82, 2.24) is 19.7 Å². The lowest BCUT2D eigenvalue weighted by atomic mass is 10.0. The predicted octanol–water partition coefficient (Wildman–Crippen LogP) is 3.40. The lowest BCUT2D eigenvalue weighted by Gasteiger charge is -2.22. The number of halogens is 5. The highest BCUT2D eigenvalue weighted by Crippen LogP contribution is 2.35. The Bertz CT molecular complexity index is 805. The van der Waals surface area contributed by atoms with Crippen molar-refractivity contribution in [3.8, 4) is 0 Å². The number of rotatable bonds is 4. The van der Waals surface area contributed by atoms with Gasteiger partial charge in [0.15, 0.2) is 0 Å². The third-order valence-electron chi connectivity index (χ3n) is 3.39. The zero-order valence-corrected chi connectivity index (χ0v) is 12.1. The van der Waals surface area contributed by atoms with E-state index in [0.29, 0.717) is 5.78 Å². The van der Waals surface area contributed by atoms with Gasteiger partial charge in [-0.3, -0.25) is 9.72 Å². The number of fused-ring (bicyclic) bond motifs is 1. The molecule has 1 aromatic carbocycles. The minimum absolute atomic E-state index is 0.264.